The fraction of sp³-hybridized carbons (Fsp3) is 0.625. The molecule has 1 aromatic rings. The third-order valence-corrected chi connectivity index (χ3v) is 2.04. The molecule has 0 N–H and O–H groups in total. The Bertz CT molecular complexity index is 225. The first-order valence-corrected chi connectivity index (χ1v) is 5.12. The van der Waals surface area contributed by atoms with Gasteiger partial charge in [-0.1, -0.05) is 15.9 Å². The van der Waals surface area contributed by atoms with Crippen LogP contribution in [0, 0.1) is 0 Å². The molecule has 0 aliphatic heterocycles. The second-order valence-corrected chi connectivity index (χ2v) is 3.39. The number of aryl methyl sites for hydroxylation is 1. The van der Waals surface area contributed by atoms with E-state index in [1.54, 1.807) is 10.9 Å². The van der Waals surface area contributed by atoms with Gasteiger partial charge in [0.2, 0.25) is 0 Å². The summed E-state index contributed by atoms with van der Waals surface area (Å²) >= 11 is 3.37. The molecule has 0 saturated carbocycles. The van der Waals surface area contributed by atoms with Crippen molar-refractivity contribution < 1.29 is 4.74 Å². The fourth-order valence-electron chi connectivity index (χ4n) is 0.860. The predicted octanol–water partition coefficient (Wildman–Crippen LogP) is 1.97. The minimum absolute atomic E-state index is 0.775. The molecule has 1 heterocycles. The first-order chi connectivity index (χ1) is 5.83. The highest BCUT2D eigenvalue weighted by Gasteiger charge is 1.95. The van der Waals surface area contributed by atoms with Crippen LogP contribution in [0.1, 0.15) is 12.8 Å². The molecule has 1 rings (SSSR count). The quantitative estimate of drug-likeness (QED) is 0.574. The zero-order chi connectivity index (χ0) is 8.81. The highest BCUT2D eigenvalue weighted by atomic mass is 79.9. The van der Waals surface area contributed by atoms with Crippen molar-refractivity contribution in [1.29, 1.82) is 0 Å². The molecule has 1 aromatic heterocycles. The second kappa shape index (κ2) is 5.19. The third kappa shape index (κ3) is 3.26. The lowest BCUT2D eigenvalue weighted by Gasteiger charge is -2.00. The van der Waals surface area contributed by atoms with Crippen LogP contribution in [0.15, 0.2) is 12.4 Å². The number of rotatable bonds is 5. The van der Waals surface area contributed by atoms with Crippen LogP contribution in [0.25, 0.3) is 0 Å². The van der Waals surface area contributed by atoms with Crippen molar-refractivity contribution in [2.75, 3.05) is 11.9 Å². The van der Waals surface area contributed by atoms with Gasteiger partial charge in [-0.3, -0.25) is 4.68 Å². The predicted molar refractivity (Wildman–Crippen MR) is 51.7 cm³/mol. The Morgan fingerprint density at radius 3 is 3.00 bits per heavy atom. The van der Waals surface area contributed by atoms with Crippen molar-refractivity contribution in [3.8, 4) is 5.75 Å². The average Bonchev–Trinajstić information content (AvgIpc) is 2.45. The summed E-state index contributed by atoms with van der Waals surface area (Å²) in [4.78, 5) is 0. The number of hydrogen-bond acceptors (Lipinski definition) is 2. The van der Waals surface area contributed by atoms with Gasteiger partial charge < -0.3 is 4.74 Å². The fourth-order valence-corrected chi connectivity index (χ4v) is 1.26. The maximum atomic E-state index is 5.42. The van der Waals surface area contributed by atoms with Gasteiger partial charge in [-0.2, -0.15) is 5.10 Å². The monoisotopic (exact) mass is 232 g/mol. The minimum atomic E-state index is 0.775. The summed E-state index contributed by atoms with van der Waals surface area (Å²) < 4.78 is 7.16. The molecule has 0 atom stereocenters. The molecule has 0 saturated heterocycles. The summed E-state index contributed by atoms with van der Waals surface area (Å²) in [5, 5.41) is 5.04. The molecule has 0 unspecified atom stereocenters. The Kier molecular flexibility index (Phi) is 4.14. The molecule has 0 amide bonds. The average molecular weight is 233 g/mol. The van der Waals surface area contributed by atoms with Gasteiger partial charge >= 0.3 is 0 Å². The molecule has 0 aliphatic rings. The zero-order valence-electron chi connectivity index (χ0n) is 7.16. The van der Waals surface area contributed by atoms with Crippen molar-refractivity contribution in [3.05, 3.63) is 12.4 Å². The topological polar surface area (TPSA) is 27.1 Å². The van der Waals surface area contributed by atoms with Crippen molar-refractivity contribution in [3.63, 3.8) is 0 Å². The van der Waals surface area contributed by atoms with E-state index in [2.05, 4.69) is 21.0 Å². The number of nitrogens with zero attached hydrogens (tertiary/aromatic N) is 2. The van der Waals surface area contributed by atoms with Crippen molar-refractivity contribution in [2.45, 2.75) is 12.8 Å². The SMILES string of the molecule is Cn1cc(OCCCCBr)cn1. The van der Waals surface area contributed by atoms with Gasteiger partial charge in [0.05, 0.1) is 19.0 Å². The minimum Gasteiger partial charge on any atom is -0.490 e. The van der Waals surface area contributed by atoms with Crippen molar-refractivity contribution in [1.82, 2.24) is 9.78 Å². The van der Waals surface area contributed by atoms with Crippen LogP contribution >= 0.6 is 15.9 Å². The van der Waals surface area contributed by atoms with E-state index < -0.39 is 0 Å². The summed E-state index contributed by atoms with van der Waals surface area (Å²) in [5.41, 5.74) is 0. The smallest absolute Gasteiger partial charge is 0.157 e. The summed E-state index contributed by atoms with van der Waals surface area (Å²) in [6.45, 7) is 0.775. The van der Waals surface area contributed by atoms with Crippen LogP contribution in [0.4, 0.5) is 0 Å². The highest BCUT2D eigenvalue weighted by Crippen LogP contribution is 2.07. The Hall–Kier alpha value is -0.510. The Morgan fingerprint density at radius 2 is 2.42 bits per heavy atom. The summed E-state index contributed by atoms with van der Waals surface area (Å²) in [7, 11) is 1.88. The number of aromatic nitrogens is 2. The van der Waals surface area contributed by atoms with E-state index in [0.717, 1.165) is 30.5 Å². The van der Waals surface area contributed by atoms with Gasteiger partial charge in [0.15, 0.2) is 5.75 Å². The largest absolute Gasteiger partial charge is 0.490 e. The number of halogens is 1. The van der Waals surface area contributed by atoms with Crippen LogP contribution in [0.2, 0.25) is 0 Å². The molecule has 0 spiro atoms. The lowest BCUT2D eigenvalue weighted by Crippen LogP contribution is -1.96. The molecule has 0 aliphatic carbocycles. The van der Waals surface area contributed by atoms with Gasteiger partial charge in [0, 0.05) is 12.4 Å². The third-order valence-electron chi connectivity index (χ3n) is 1.48. The lowest BCUT2D eigenvalue weighted by molar-refractivity contribution is 0.309. The molecule has 0 fully saturated rings. The Morgan fingerprint density at radius 1 is 1.58 bits per heavy atom. The first kappa shape index (κ1) is 9.58. The Labute approximate surface area is 80.8 Å². The van der Waals surface area contributed by atoms with Crippen LogP contribution in [-0.2, 0) is 7.05 Å². The molecular weight excluding hydrogens is 220 g/mol. The molecule has 4 heteroatoms. The molecule has 0 radical (unpaired) electrons. The normalized spacial score (nSPS) is 10.2. The summed E-state index contributed by atoms with van der Waals surface area (Å²) in [5.74, 6) is 0.854. The van der Waals surface area contributed by atoms with E-state index in [1.807, 2.05) is 13.2 Å². The van der Waals surface area contributed by atoms with Gasteiger partial charge in [0.25, 0.3) is 0 Å². The molecule has 3 nitrogen and oxygen atoms in total. The summed E-state index contributed by atoms with van der Waals surface area (Å²) in [6, 6.07) is 0. The lowest BCUT2D eigenvalue weighted by atomic mass is 10.4. The van der Waals surface area contributed by atoms with E-state index >= 15 is 0 Å². The van der Waals surface area contributed by atoms with Crippen LogP contribution < -0.4 is 4.74 Å². The van der Waals surface area contributed by atoms with Crippen LogP contribution in [0.5, 0.6) is 5.75 Å². The highest BCUT2D eigenvalue weighted by molar-refractivity contribution is 9.09. The second-order valence-electron chi connectivity index (χ2n) is 2.59. The van der Waals surface area contributed by atoms with E-state index in [-0.39, 0.29) is 0 Å². The van der Waals surface area contributed by atoms with Crippen molar-refractivity contribution in [2.24, 2.45) is 7.05 Å². The molecule has 68 valence electrons. The van der Waals surface area contributed by atoms with Gasteiger partial charge in [-0.05, 0) is 12.8 Å². The summed E-state index contributed by atoms with van der Waals surface area (Å²) in [6.07, 6.45) is 5.84. The molecular formula is C8H13BrN2O. The molecule has 12 heavy (non-hydrogen) atoms. The van der Waals surface area contributed by atoms with Gasteiger partial charge in [0.1, 0.15) is 0 Å². The van der Waals surface area contributed by atoms with E-state index in [1.165, 1.54) is 0 Å². The van der Waals surface area contributed by atoms with Crippen molar-refractivity contribution >= 4 is 15.9 Å². The first-order valence-electron chi connectivity index (χ1n) is 4.00. The maximum absolute atomic E-state index is 5.42. The zero-order valence-corrected chi connectivity index (χ0v) is 8.75. The number of ether oxygens (including phenoxy) is 1. The number of alkyl halides is 1. The standard InChI is InChI=1S/C8H13BrN2O/c1-11-7-8(6-10-11)12-5-3-2-4-9/h6-7H,2-5H2,1H3. The molecule has 0 bridgehead atoms. The van der Waals surface area contributed by atoms with Gasteiger partial charge in [-0.15, -0.1) is 0 Å². The number of hydrogen-bond donors (Lipinski definition) is 0. The molecule has 0 aromatic carbocycles. The Balaban J connectivity index is 2.15. The maximum Gasteiger partial charge on any atom is 0.157 e. The van der Waals surface area contributed by atoms with Crippen LogP contribution in [0.3, 0.4) is 0 Å². The van der Waals surface area contributed by atoms with E-state index in [4.69, 9.17) is 4.74 Å². The number of unbranched alkanes of at least 4 members (excludes halogenated alkanes) is 1. The van der Waals surface area contributed by atoms with Crippen LogP contribution in [-0.4, -0.2) is 21.7 Å². The van der Waals surface area contributed by atoms with Gasteiger partial charge in [-0.25, -0.2) is 0 Å². The van der Waals surface area contributed by atoms with E-state index in [9.17, 15) is 0 Å². The van der Waals surface area contributed by atoms with E-state index in [0.29, 0.717) is 0 Å².